The minimum absolute atomic E-state index is 0.0746. The van der Waals surface area contributed by atoms with E-state index in [1.54, 1.807) is 6.20 Å². The smallest absolute Gasteiger partial charge is 0.322 e. The SMILES string of the molecule is CCCN(C[C@@H]1CCCCO1)C(=O)Nc1cnn(C(C)(C)C)c1. The van der Waals surface area contributed by atoms with Crippen LogP contribution in [0, 0.1) is 0 Å². The fourth-order valence-electron chi connectivity index (χ4n) is 2.70. The molecule has 130 valence electrons. The molecule has 6 nitrogen and oxygen atoms in total. The van der Waals surface area contributed by atoms with Gasteiger partial charge in [-0.3, -0.25) is 4.68 Å². The fraction of sp³-hybridized carbons (Fsp3) is 0.765. The molecule has 0 saturated carbocycles. The lowest BCUT2D eigenvalue weighted by atomic mass is 10.1. The highest BCUT2D eigenvalue weighted by Crippen LogP contribution is 2.17. The van der Waals surface area contributed by atoms with E-state index in [-0.39, 0.29) is 17.7 Å². The van der Waals surface area contributed by atoms with Crippen molar-refractivity contribution in [3.8, 4) is 0 Å². The van der Waals surface area contributed by atoms with Gasteiger partial charge in [-0.25, -0.2) is 4.79 Å². The number of anilines is 1. The first-order chi connectivity index (χ1) is 10.9. The number of carbonyl (C=O) groups is 1. The summed E-state index contributed by atoms with van der Waals surface area (Å²) in [5.74, 6) is 0. The predicted octanol–water partition coefficient (Wildman–Crippen LogP) is 3.45. The summed E-state index contributed by atoms with van der Waals surface area (Å²) in [7, 11) is 0. The number of ether oxygens (including phenoxy) is 1. The number of urea groups is 1. The lowest BCUT2D eigenvalue weighted by Crippen LogP contribution is -2.42. The number of hydrogen-bond acceptors (Lipinski definition) is 3. The molecule has 2 rings (SSSR count). The molecular weight excluding hydrogens is 292 g/mol. The van der Waals surface area contributed by atoms with Crippen molar-refractivity contribution in [1.29, 1.82) is 0 Å². The van der Waals surface area contributed by atoms with Crippen molar-refractivity contribution in [3.05, 3.63) is 12.4 Å². The third-order valence-corrected chi connectivity index (χ3v) is 4.00. The normalized spacial score (nSPS) is 18.7. The summed E-state index contributed by atoms with van der Waals surface area (Å²) in [5.41, 5.74) is 0.637. The van der Waals surface area contributed by atoms with Gasteiger partial charge >= 0.3 is 6.03 Å². The third kappa shape index (κ3) is 5.23. The van der Waals surface area contributed by atoms with E-state index in [0.29, 0.717) is 6.54 Å². The van der Waals surface area contributed by atoms with Gasteiger partial charge in [0, 0.05) is 25.9 Å². The second-order valence-electron chi connectivity index (χ2n) is 7.21. The maximum absolute atomic E-state index is 12.6. The number of aromatic nitrogens is 2. The Morgan fingerprint density at radius 1 is 1.48 bits per heavy atom. The van der Waals surface area contributed by atoms with Crippen LogP contribution in [0.5, 0.6) is 0 Å². The standard InChI is InChI=1S/C17H30N4O2/c1-5-9-20(13-15-8-6-7-10-23-15)16(22)19-14-11-18-21(12-14)17(2,3)4/h11-12,15H,5-10,13H2,1-4H3,(H,19,22)/t15-/m0/s1. The van der Waals surface area contributed by atoms with Crippen molar-refractivity contribution in [3.63, 3.8) is 0 Å². The van der Waals surface area contributed by atoms with Crippen molar-refractivity contribution >= 4 is 11.7 Å². The molecule has 1 aromatic rings. The molecule has 0 unspecified atom stereocenters. The van der Waals surface area contributed by atoms with Crippen LogP contribution < -0.4 is 5.32 Å². The van der Waals surface area contributed by atoms with Crippen LogP contribution in [0.25, 0.3) is 0 Å². The number of amides is 2. The average molecular weight is 322 g/mol. The summed E-state index contributed by atoms with van der Waals surface area (Å²) in [4.78, 5) is 14.4. The number of hydrogen-bond donors (Lipinski definition) is 1. The molecule has 1 aliphatic heterocycles. The summed E-state index contributed by atoms with van der Waals surface area (Å²) < 4.78 is 7.62. The minimum atomic E-state index is -0.0952. The van der Waals surface area contributed by atoms with Crippen LogP contribution in [0.3, 0.4) is 0 Å². The number of carbonyl (C=O) groups excluding carboxylic acids is 1. The van der Waals surface area contributed by atoms with E-state index >= 15 is 0 Å². The summed E-state index contributed by atoms with van der Waals surface area (Å²) >= 11 is 0. The summed E-state index contributed by atoms with van der Waals surface area (Å²) in [5, 5.41) is 7.28. The van der Waals surface area contributed by atoms with Gasteiger partial charge in [-0.05, 0) is 46.5 Å². The molecular formula is C17H30N4O2. The second kappa shape index (κ2) is 7.81. The molecule has 1 saturated heterocycles. The molecule has 1 aliphatic rings. The predicted molar refractivity (Wildman–Crippen MR) is 91.7 cm³/mol. The van der Waals surface area contributed by atoms with Gasteiger partial charge in [-0.2, -0.15) is 5.10 Å². The molecule has 0 aliphatic carbocycles. The van der Waals surface area contributed by atoms with E-state index in [4.69, 9.17) is 4.74 Å². The van der Waals surface area contributed by atoms with Crippen molar-refractivity contribution < 1.29 is 9.53 Å². The van der Waals surface area contributed by atoms with Crippen molar-refractivity contribution in [2.45, 2.75) is 65.0 Å². The molecule has 2 heterocycles. The van der Waals surface area contributed by atoms with E-state index in [1.165, 1.54) is 6.42 Å². The van der Waals surface area contributed by atoms with E-state index in [9.17, 15) is 4.79 Å². The topological polar surface area (TPSA) is 59.4 Å². The van der Waals surface area contributed by atoms with E-state index in [2.05, 4.69) is 38.1 Å². The largest absolute Gasteiger partial charge is 0.376 e. The van der Waals surface area contributed by atoms with Crippen LogP contribution in [-0.2, 0) is 10.3 Å². The van der Waals surface area contributed by atoms with Crippen LogP contribution >= 0.6 is 0 Å². The van der Waals surface area contributed by atoms with E-state index in [0.717, 1.165) is 38.1 Å². The number of nitrogens with one attached hydrogen (secondary N) is 1. The van der Waals surface area contributed by atoms with Crippen LogP contribution in [0.1, 0.15) is 53.4 Å². The van der Waals surface area contributed by atoms with E-state index in [1.807, 2.05) is 15.8 Å². The highest BCUT2D eigenvalue weighted by Gasteiger charge is 2.22. The lowest BCUT2D eigenvalue weighted by Gasteiger charge is -2.29. The highest BCUT2D eigenvalue weighted by atomic mass is 16.5. The number of nitrogens with zero attached hydrogens (tertiary/aromatic N) is 3. The Bertz CT molecular complexity index is 501. The number of rotatable bonds is 5. The molecule has 0 bridgehead atoms. The Hall–Kier alpha value is -1.56. The molecule has 1 fully saturated rings. The zero-order valence-corrected chi connectivity index (χ0v) is 14.8. The van der Waals surface area contributed by atoms with Crippen molar-refractivity contribution in [2.75, 3.05) is 25.0 Å². The highest BCUT2D eigenvalue weighted by molar-refractivity contribution is 5.89. The fourth-order valence-corrected chi connectivity index (χ4v) is 2.70. The van der Waals surface area contributed by atoms with Crippen LogP contribution in [-0.4, -0.2) is 46.5 Å². The van der Waals surface area contributed by atoms with Crippen LogP contribution in [0.4, 0.5) is 10.5 Å². The lowest BCUT2D eigenvalue weighted by molar-refractivity contribution is 0.00162. The molecule has 23 heavy (non-hydrogen) atoms. The maximum Gasteiger partial charge on any atom is 0.322 e. The molecule has 0 radical (unpaired) electrons. The molecule has 1 N–H and O–H groups in total. The molecule has 1 aromatic heterocycles. The minimum Gasteiger partial charge on any atom is -0.376 e. The van der Waals surface area contributed by atoms with Crippen LogP contribution in [0.15, 0.2) is 12.4 Å². The van der Waals surface area contributed by atoms with Gasteiger partial charge in [-0.15, -0.1) is 0 Å². The molecule has 0 spiro atoms. The Morgan fingerprint density at radius 3 is 2.83 bits per heavy atom. The summed E-state index contributed by atoms with van der Waals surface area (Å²) in [6, 6.07) is -0.0746. The molecule has 6 heteroatoms. The Kier molecular flexibility index (Phi) is 6.04. The van der Waals surface area contributed by atoms with Gasteiger partial charge < -0.3 is 15.0 Å². The van der Waals surface area contributed by atoms with Gasteiger partial charge in [0.2, 0.25) is 0 Å². The third-order valence-electron chi connectivity index (χ3n) is 4.00. The molecule has 0 aromatic carbocycles. The van der Waals surface area contributed by atoms with Crippen LogP contribution in [0.2, 0.25) is 0 Å². The van der Waals surface area contributed by atoms with Gasteiger partial charge in [-0.1, -0.05) is 6.92 Å². The van der Waals surface area contributed by atoms with Gasteiger partial charge in [0.1, 0.15) is 0 Å². The van der Waals surface area contributed by atoms with Gasteiger partial charge in [0.05, 0.1) is 23.5 Å². The zero-order chi connectivity index (χ0) is 16.9. The Morgan fingerprint density at radius 2 is 2.26 bits per heavy atom. The zero-order valence-electron chi connectivity index (χ0n) is 14.8. The summed E-state index contributed by atoms with van der Waals surface area (Å²) in [6.07, 6.45) is 8.02. The quantitative estimate of drug-likeness (QED) is 0.903. The average Bonchev–Trinajstić information content (AvgIpc) is 2.96. The first kappa shape index (κ1) is 17.8. The van der Waals surface area contributed by atoms with Crippen molar-refractivity contribution in [2.24, 2.45) is 0 Å². The molecule has 1 atom stereocenters. The Balaban J connectivity index is 1.95. The monoisotopic (exact) mass is 322 g/mol. The van der Waals surface area contributed by atoms with Gasteiger partial charge in [0.25, 0.3) is 0 Å². The maximum atomic E-state index is 12.6. The first-order valence-electron chi connectivity index (χ1n) is 8.63. The molecule has 2 amide bonds. The van der Waals surface area contributed by atoms with Gasteiger partial charge in [0.15, 0.2) is 0 Å². The summed E-state index contributed by atoms with van der Waals surface area (Å²) in [6.45, 7) is 10.5. The van der Waals surface area contributed by atoms with E-state index < -0.39 is 0 Å². The first-order valence-corrected chi connectivity index (χ1v) is 8.63. The van der Waals surface area contributed by atoms with Crippen molar-refractivity contribution in [1.82, 2.24) is 14.7 Å². The Labute approximate surface area is 139 Å². The second-order valence-corrected chi connectivity index (χ2v) is 7.21.